The summed E-state index contributed by atoms with van der Waals surface area (Å²) in [6, 6.07) is 8.45. The van der Waals surface area contributed by atoms with Crippen molar-refractivity contribution in [1.29, 1.82) is 0 Å². The van der Waals surface area contributed by atoms with Gasteiger partial charge < -0.3 is 10.4 Å². The zero-order chi connectivity index (χ0) is 31.1. The van der Waals surface area contributed by atoms with Crippen LogP contribution in [0.3, 0.4) is 0 Å². The minimum Gasteiger partial charge on any atom is -0.388 e. The number of benzene rings is 1. The van der Waals surface area contributed by atoms with E-state index >= 15 is 0 Å². The van der Waals surface area contributed by atoms with Crippen LogP contribution in [0.4, 0.5) is 10.1 Å². The van der Waals surface area contributed by atoms with Crippen molar-refractivity contribution >= 4 is 22.9 Å². The van der Waals surface area contributed by atoms with Crippen molar-refractivity contribution < 1.29 is 14.3 Å². The number of hydrogen-bond acceptors (Lipinski definition) is 7. The lowest BCUT2D eigenvalue weighted by molar-refractivity contribution is 0.0665. The minimum atomic E-state index is -0.624. The second-order valence-electron chi connectivity index (χ2n) is 12.2. The van der Waals surface area contributed by atoms with Crippen LogP contribution < -0.4 is 10.9 Å². The summed E-state index contributed by atoms with van der Waals surface area (Å²) in [4.78, 5) is 28.6. The number of thiophene rings is 1. The number of anilines is 1. The first-order valence-corrected chi connectivity index (χ1v) is 15.4. The Kier molecular flexibility index (Phi) is 8.69. The molecule has 3 N–H and O–H groups in total. The molecule has 1 atom stereocenters. The Bertz CT molecular complexity index is 1720. The quantitative estimate of drug-likeness (QED) is 0.280. The first-order chi connectivity index (χ1) is 20.4. The fraction of sp³-hybridized carbons (Fsp3) is 0.438. The van der Waals surface area contributed by atoms with Crippen molar-refractivity contribution in [2.75, 3.05) is 18.9 Å². The van der Waals surface area contributed by atoms with Gasteiger partial charge in [0.05, 0.1) is 40.3 Å². The van der Waals surface area contributed by atoms with Crippen LogP contribution >= 0.6 is 11.3 Å². The molecule has 43 heavy (non-hydrogen) atoms. The van der Waals surface area contributed by atoms with Gasteiger partial charge in [0.15, 0.2) is 0 Å². The standard InChI is InChI=1S/C24H26FN3O3S.C8H13N3/c1-5-6-13-9-17(27-28-22(13)30)14-7-8-16(25)20(12(14)2)26-23(31)18-10-15-19(32-18)11-24(3,4)21(15)29;1-7-5-8-6-10(2)3-4-11(8)9-7/h7-10,21,29H,5-6,11H2,1-4H3,(H,26,31)(H,28,30);5H,3-4,6H2,1-2H3. The molecular formula is C32H39FN6O3S. The number of aromatic amines is 1. The third-order valence-electron chi connectivity index (χ3n) is 8.16. The number of aliphatic hydroxyl groups excluding tert-OH is 1. The molecule has 228 valence electrons. The molecule has 1 unspecified atom stereocenters. The van der Waals surface area contributed by atoms with E-state index in [9.17, 15) is 19.1 Å². The lowest BCUT2D eigenvalue weighted by Crippen LogP contribution is -2.30. The highest BCUT2D eigenvalue weighted by atomic mass is 32.1. The summed E-state index contributed by atoms with van der Waals surface area (Å²) in [6.07, 6.45) is 1.50. The maximum absolute atomic E-state index is 14.7. The summed E-state index contributed by atoms with van der Waals surface area (Å²) in [5.74, 6) is -0.974. The Hall–Kier alpha value is -3.67. The summed E-state index contributed by atoms with van der Waals surface area (Å²) in [5.41, 5.74) is 5.11. The highest BCUT2D eigenvalue weighted by Gasteiger charge is 2.40. The molecule has 1 amide bonds. The molecule has 3 aromatic heterocycles. The molecule has 1 aliphatic heterocycles. The largest absolute Gasteiger partial charge is 0.388 e. The number of H-pyrrole nitrogens is 1. The third-order valence-corrected chi connectivity index (χ3v) is 9.31. The Morgan fingerprint density at radius 2 is 2.00 bits per heavy atom. The Morgan fingerprint density at radius 1 is 1.23 bits per heavy atom. The van der Waals surface area contributed by atoms with E-state index < -0.39 is 17.8 Å². The lowest BCUT2D eigenvalue weighted by atomic mass is 9.88. The summed E-state index contributed by atoms with van der Waals surface area (Å²) in [7, 11) is 2.14. The monoisotopic (exact) mass is 606 g/mol. The zero-order valence-corrected chi connectivity index (χ0v) is 26.4. The Balaban J connectivity index is 0.000000279. The molecule has 0 radical (unpaired) electrons. The van der Waals surface area contributed by atoms with Crippen LogP contribution in [0.25, 0.3) is 11.3 Å². The van der Waals surface area contributed by atoms with Gasteiger partial charge in [0.25, 0.3) is 11.5 Å². The van der Waals surface area contributed by atoms with Crippen molar-refractivity contribution in [2.45, 2.75) is 73.1 Å². The molecule has 0 spiro atoms. The van der Waals surface area contributed by atoms with Crippen LogP contribution in [-0.4, -0.2) is 49.5 Å². The van der Waals surface area contributed by atoms with Crippen LogP contribution in [-0.2, 0) is 25.9 Å². The van der Waals surface area contributed by atoms with Gasteiger partial charge in [-0.15, -0.1) is 11.3 Å². The number of aliphatic hydroxyl groups is 1. The van der Waals surface area contributed by atoms with Crippen molar-refractivity contribution in [3.8, 4) is 11.3 Å². The van der Waals surface area contributed by atoms with E-state index in [0.29, 0.717) is 40.1 Å². The van der Waals surface area contributed by atoms with Crippen LogP contribution in [0, 0.1) is 25.1 Å². The van der Waals surface area contributed by atoms with E-state index in [4.69, 9.17) is 0 Å². The van der Waals surface area contributed by atoms with E-state index in [1.165, 1.54) is 23.1 Å². The number of fused-ring (bicyclic) bond motifs is 2. The first kappa shape index (κ1) is 30.8. The molecule has 0 bridgehead atoms. The van der Waals surface area contributed by atoms with Gasteiger partial charge in [-0.25, -0.2) is 9.49 Å². The molecule has 11 heteroatoms. The van der Waals surface area contributed by atoms with Gasteiger partial charge in [-0.2, -0.15) is 10.2 Å². The number of rotatable bonds is 5. The molecule has 0 saturated heterocycles. The molecule has 6 rings (SSSR count). The molecule has 2 aliphatic rings. The van der Waals surface area contributed by atoms with E-state index in [1.807, 2.05) is 27.7 Å². The van der Waals surface area contributed by atoms with Gasteiger partial charge >= 0.3 is 0 Å². The normalized spacial score (nSPS) is 17.2. The lowest BCUT2D eigenvalue weighted by Gasteiger charge is -2.22. The number of hydrogen-bond donors (Lipinski definition) is 3. The summed E-state index contributed by atoms with van der Waals surface area (Å²) in [6.45, 7) is 12.9. The number of amides is 1. The SMILES string of the molecule is CCCc1cc(-c2ccc(F)c(NC(=O)c3cc4c(s3)CC(C)(C)C4O)c2C)n[nH]c1=O.Cc1cc2n(n1)CCN(C)C2. The van der Waals surface area contributed by atoms with Crippen LogP contribution in [0.15, 0.2) is 35.1 Å². The van der Waals surface area contributed by atoms with Crippen molar-refractivity contribution in [2.24, 2.45) is 5.41 Å². The predicted molar refractivity (Wildman–Crippen MR) is 167 cm³/mol. The van der Waals surface area contributed by atoms with Crippen molar-refractivity contribution in [1.82, 2.24) is 24.9 Å². The first-order valence-electron chi connectivity index (χ1n) is 14.6. The van der Waals surface area contributed by atoms with Gasteiger partial charge in [-0.1, -0.05) is 27.2 Å². The average Bonchev–Trinajstić information content (AvgIpc) is 3.59. The molecule has 9 nitrogen and oxygen atoms in total. The topological polar surface area (TPSA) is 116 Å². The van der Waals surface area contributed by atoms with E-state index in [1.54, 1.807) is 25.1 Å². The fourth-order valence-electron chi connectivity index (χ4n) is 5.72. The van der Waals surface area contributed by atoms with Gasteiger partial charge in [0.2, 0.25) is 0 Å². The summed E-state index contributed by atoms with van der Waals surface area (Å²) in [5, 5.41) is 24.2. The van der Waals surface area contributed by atoms with Crippen molar-refractivity contribution in [3.63, 3.8) is 0 Å². The fourth-order valence-corrected chi connectivity index (χ4v) is 7.05. The number of halogens is 1. The van der Waals surface area contributed by atoms with Crippen molar-refractivity contribution in [3.05, 3.63) is 84.3 Å². The number of likely N-dealkylation sites (N-methyl/N-ethyl adjacent to an activating group) is 1. The van der Waals surface area contributed by atoms with E-state index in [0.717, 1.165) is 42.2 Å². The second kappa shape index (κ2) is 12.1. The van der Waals surface area contributed by atoms with Crippen LogP contribution in [0.2, 0.25) is 0 Å². The molecule has 4 heterocycles. The second-order valence-corrected chi connectivity index (χ2v) is 13.3. The highest BCUT2D eigenvalue weighted by Crippen LogP contribution is 2.48. The molecule has 4 aromatic rings. The van der Waals surface area contributed by atoms with E-state index in [2.05, 4.69) is 43.3 Å². The Labute approximate surface area is 254 Å². The van der Waals surface area contributed by atoms with E-state index in [-0.39, 0.29) is 16.7 Å². The third kappa shape index (κ3) is 6.34. The van der Waals surface area contributed by atoms with Gasteiger partial charge in [-0.3, -0.25) is 19.2 Å². The number of carbonyl (C=O) groups is 1. The minimum absolute atomic E-state index is 0.0759. The summed E-state index contributed by atoms with van der Waals surface area (Å²) >= 11 is 1.33. The highest BCUT2D eigenvalue weighted by molar-refractivity contribution is 7.14. The number of aryl methyl sites for hydroxylation is 2. The molecular weight excluding hydrogens is 567 g/mol. The molecule has 0 saturated carbocycles. The number of nitrogens with one attached hydrogen (secondary N) is 2. The smallest absolute Gasteiger partial charge is 0.267 e. The average molecular weight is 607 g/mol. The molecule has 0 fully saturated rings. The maximum Gasteiger partial charge on any atom is 0.267 e. The van der Waals surface area contributed by atoms with Crippen LogP contribution in [0.1, 0.15) is 75.9 Å². The maximum atomic E-state index is 14.7. The number of carbonyl (C=O) groups excluding carboxylic acids is 1. The zero-order valence-electron chi connectivity index (χ0n) is 25.5. The van der Waals surface area contributed by atoms with Gasteiger partial charge in [-0.05, 0) is 80.6 Å². The van der Waals surface area contributed by atoms with Gasteiger partial charge in [0, 0.05) is 29.1 Å². The Morgan fingerprint density at radius 3 is 2.72 bits per heavy atom. The number of aromatic nitrogens is 4. The summed E-state index contributed by atoms with van der Waals surface area (Å²) < 4.78 is 16.8. The predicted octanol–water partition coefficient (Wildman–Crippen LogP) is 5.40. The van der Waals surface area contributed by atoms with Crippen LogP contribution in [0.5, 0.6) is 0 Å². The number of nitrogens with zero attached hydrogens (tertiary/aromatic N) is 4. The molecule has 1 aliphatic carbocycles. The van der Waals surface area contributed by atoms with Gasteiger partial charge in [0.1, 0.15) is 5.82 Å². The molecule has 1 aromatic carbocycles.